The summed E-state index contributed by atoms with van der Waals surface area (Å²) in [5, 5.41) is 13.5. The number of fused-ring (bicyclic) bond motifs is 1. The molecule has 1 aromatic heterocycles. The summed E-state index contributed by atoms with van der Waals surface area (Å²) in [5.74, 6) is -0.975. The van der Waals surface area contributed by atoms with Crippen LogP contribution < -0.4 is 5.32 Å². The second-order valence-corrected chi connectivity index (χ2v) is 5.60. The van der Waals surface area contributed by atoms with Crippen molar-refractivity contribution in [2.24, 2.45) is 0 Å². The summed E-state index contributed by atoms with van der Waals surface area (Å²) in [7, 11) is 2.13. The van der Waals surface area contributed by atoms with E-state index in [0.29, 0.717) is 12.1 Å². The number of hydrogen-bond donors (Lipinski definition) is 2. The molecular weight excluding hydrogens is 268 g/mol. The molecule has 1 fully saturated rings. The van der Waals surface area contributed by atoms with Crippen LogP contribution in [0, 0.1) is 0 Å². The van der Waals surface area contributed by atoms with Crippen molar-refractivity contribution in [3.63, 3.8) is 0 Å². The monoisotopic (exact) mass is 288 g/mol. The second-order valence-electron chi connectivity index (χ2n) is 5.60. The van der Waals surface area contributed by atoms with Crippen LogP contribution in [0.4, 0.5) is 0 Å². The zero-order valence-electron chi connectivity index (χ0n) is 12.1. The normalized spacial score (nSPS) is 15.0. The molecule has 0 bridgehead atoms. The third-order valence-corrected chi connectivity index (χ3v) is 4.01. The first-order valence-corrected chi connectivity index (χ1v) is 7.31. The maximum atomic E-state index is 11.3. The van der Waals surface area contributed by atoms with E-state index in [-0.39, 0.29) is 5.76 Å². The van der Waals surface area contributed by atoms with E-state index >= 15 is 0 Å². The Balaban J connectivity index is 1.67. The van der Waals surface area contributed by atoms with Gasteiger partial charge in [-0.25, -0.2) is 4.79 Å². The van der Waals surface area contributed by atoms with Gasteiger partial charge in [0.1, 0.15) is 5.58 Å². The van der Waals surface area contributed by atoms with Gasteiger partial charge in [-0.05, 0) is 26.0 Å². The van der Waals surface area contributed by atoms with E-state index in [0.717, 1.165) is 30.1 Å². The molecule has 0 amide bonds. The molecule has 1 saturated carbocycles. The molecule has 2 N–H and O–H groups in total. The van der Waals surface area contributed by atoms with Gasteiger partial charge in [0.2, 0.25) is 5.76 Å². The topological polar surface area (TPSA) is 65.7 Å². The van der Waals surface area contributed by atoms with Gasteiger partial charge in [0.15, 0.2) is 0 Å². The highest BCUT2D eigenvalue weighted by molar-refractivity contribution is 5.95. The molecule has 0 saturated heterocycles. The van der Waals surface area contributed by atoms with Crippen molar-refractivity contribution >= 4 is 16.9 Å². The number of nitrogens with zero attached hydrogens (tertiary/aromatic N) is 1. The van der Waals surface area contributed by atoms with Gasteiger partial charge in [-0.1, -0.05) is 18.2 Å². The van der Waals surface area contributed by atoms with Crippen LogP contribution >= 0.6 is 0 Å². The minimum atomic E-state index is -1.02. The Bertz CT molecular complexity index is 646. The van der Waals surface area contributed by atoms with Crippen LogP contribution in [0.25, 0.3) is 11.0 Å². The molecule has 1 aliphatic carbocycles. The highest BCUT2D eigenvalue weighted by Gasteiger charge is 2.25. The van der Waals surface area contributed by atoms with E-state index in [1.54, 1.807) is 6.07 Å². The Labute approximate surface area is 123 Å². The summed E-state index contributed by atoms with van der Waals surface area (Å²) in [5.41, 5.74) is 1.36. The van der Waals surface area contributed by atoms with E-state index in [1.165, 1.54) is 12.8 Å². The lowest BCUT2D eigenvalue weighted by atomic mass is 10.1. The van der Waals surface area contributed by atoms with Crippen molar-refractivity contribution in [1.29, 1.82) is 0 Å². The minimum absolute atomic E-state index is 0.0410. The third-order valence-electron chi connectivity index (χ3n) is 4.01. The Morgan fingerprint density at radius 1 is 1.43 bits per heavy atom. The number of carboxylic acid groups (broad SMARTS) is 1. The number of nitrogens with one attached hydrogen (secondary N) is 1. The van der Waals surface area contributed by atoms with Crippen LogP contribution in [0.1, 0.15) is 29.0 Å². The summed E-state index contributed by atoms with van der Waals surface area (Å²) < 4.78 is 5.44. The standard InChI is InChI=1S/C16H20N2O3/c1-18(11-6-7-11)9-8-17-10-13-12-4-2-3-5-14(12)21-15(13)16(19)20/h2-5,11,17H,6-10H2,1H3,(H,19,20). The molecule has 112 valence electrons. The van der Waals surface area contributed by atoms with Gasteiger partial charge in [-0.3, -0.25) is 0 Å². The third kappa shape index (κ3) is 3.09. The van der Waals surface area contributed by atoms with E-state index in [2.05, 4.69) is 17.3 Å². The highest BCUT2D eigenvalue weighted by Crippen LogP contribution is 2.26. The molecule has 3 rings (SSSR count). The van der Waals surface area contributed by atoms with Crippen LogP contribution in [-0.4, -0.2) is 42.2 Å². The van der Waals surface area contributed by atoms with Gasteiger partial charge in [-0.15, -0.1) is 0 Å². The Hall–Kier alpha value is -1.85. The number of hydrogen-bond acceptors (Lipinski definition) is 4. The fourth-order valence-corrected chi connectivity index (χ4v) is 2.61. The van der Waals surface area contributed by atoms with E-state index in [4.69, 9.17) is 4.42 Å². The van der Waals surface area contributed by atoms with E-state index in [1.807, 2.05) is 18.2 Å². The fourth-order valence-electron chi connectivity index (χ4n) is 2.61. The highest BCUT2D eigenvalue weighted by atomic mass is 16.4. The number of furan rings is 1. The van der Waals surface area contributed by atoms with Crippen molar-refractivity contribution in [3.05, 3.63) is 35.6 Å². The van der Waals surface area contributed by atoms with Gasteiger partial charge >= 0.3 is 5.97 Å². The zero-order valence-corrected chi connectivity index (χ0v) is 12.1. The number of benzene rings is 1. The molecule has 0 unspecified atom stereocenters. The number of rotatable bonds is 7. The molecule has 5 nitrogen and oxygen atoms in total. The van der Waals surface area contributed by atoms with Gasteiger partial charge in [0, 0.05) is 36.6 Å². The lowest BCUT2D eigenvalue weighted by Gasteiger charge is -2.15. The predicted octanol–water partition coefficient (Wildman–Crippen LogP) is 2.31. The first kappa shape index (κ1) is 14.1. The Morgan fingerprint density at radius 3 is 2.90 bits per heavy atom. The van der Waals surface area contributed by atoms with Gasteiger partial charge in [0.25, 0.3) is 0 Å². The molecule has 0 aliphatic heterocycles. The molecule has 0 atom stereocenters. The van der Waals surface area contributed by atoms with Gasteiger partial charge in [0.05, 0.1) is 0 Å². The largest absolute Gasteiger partial charge is 0.475 e. The number of carboxylic acids is 1. The molecule has 0 spiro atoms. The van der Waals surface area contributed by atoms with Crippen molar-refractivity contribution in [2.75, 3.05) is 20.1 Å². The number of para-hydroxylation sites is 1. The van der Waals surface area contributed by atoms with Crippen molar-refractivity contribution in [1.82, 2.24) is 10.2 Å². The fraction of sp³-hybridized carbons (Fsp3) is 0.438. The molecule has 1 heterocycles. The van der Waals surface area contributed by atoms with Crippen molar-refractivity contribution in [3.8, 4) is 0 Å². The first-order chi connectivity index (χ1) is 10.2. The molecule has 1 aromatic carbocycles. The minimum Gasteiger partial charge on any atom is -0.475 e. The maximum absolute atomic E-state index is 11.3. The Morgan fingerprint density at radius 2 is 2.19 bits per heavy atom. The summed E-state index contributed by atoms with van der Waals surface area (Å²) >= 11 is 0. The molecule has 5 heteroatoms. The van der Waals surface area contributed by atoms with Gasteiger partial charge < -0.3 is 19.7 Å². The summed E-state index contributed by atoms with van der Waals surface area (Å²) in [4.78, 5) is 13.6. The smallest absolute Gasteiger partial charge is 0.372 e. The summed E-state index contributed by atoms with van der Waals surface area (Å²) in [6.45, 7) is 2.32. The van der Waals surface area contributed by atoms with Crippen LogP contribution in [0.3, 0.4) is 0 Å². The quantitative estimate of drug-likeness (QED) is 0.765. The molecule has 2 aromatic rings. The summed E-state index contributed by atoms with van der Waals surface area (Å²) in [6.07, 6.45) is 2.60. The lowest BCUT2D eigenvalue weighted by Crippen LogP contribution is -2.30. The average Bonchev–Trinajstić information content (AvgIpc) is 3.25. The lowest BCUT2D eigenvalue weighted by molar-refractivity contribution is 0.0663. The summed E-state index contributed by atoms with van der Waals surface area (Å²) in [6, 6.07) is 8.19. The van der Waals surface area contributed by atoms with Crippen LogP contribution in [0.5, 0.6) is 0 Å². The van der Waals surface area contributed by atoms with Crippen molar-refractivity contribution < 1.29 is 14.3 Å². The second kappa shape index (κ2) is 5.87. The predicted molar refractivity (Wildman–Crippen MR) is 80.5 cm³/mol. The average molecular weight is 288 g/mol. The number of likely N-dealkylation sites (N-methyl/N-ethyl adjacent to an activating group) is 1. The molecule has 1 aliphatic rings. The molecule has 0 radical (unpaired) electrons. The number of aromatic carboxylic acids is 1. The van der Waals surface area contributed by atoms with E-state index < -0.39 is 5.97 Å². The van der Waals surface area contributed by atoms with Crippen LogP contribution in [-0.2, 0) is 6.54 Å². The van der Waals surface area contributed by atoms with Gasteiger partial charge in [-0.2, -0.15) is 0 Å². The molecule has 21 heavy (non-hydrogen) atoms. The number of carbonyl (C=O) groups is 1. The van der Waals surface area contributed by atoms with Crippen molar-refractivity contribution in [2.45, 2.75) is 25.4 Å². The van der Waals surface area contributed by atoms with Crippen LogP contribution in [0.2, 0.25) is 0 Å². The van der Waals surface area contributed by atoms with Crippen LogP contribution in [0.15, 0.2) is 28.7 Å². The maximum Gasteiger partial charge on any atom is 0.372 e. The van der Waals surface area contributed by atoms with E-state index in [9.17, 15) is 9.90 Å². The first-order valence-electron chi connectivity index (χ1n) is 7.31. The Kier molecular flexibility index (Phi) is 3.94. The zero-order chi connectivity index (χ0) is 14.8. The SMILES string of the molecule is CN(CCNCc1c(C(=O)O)oc2ccccc12)C1CC1. The molecular formula is C16H20N2O3.